The second-order valence-corrected chi connectivity index (χ2v) is 5.91. The largest absolute Gasteiger partial charge is 0.375 e. The highest BCUT2D eigenvalue weighted by molar-refractivity contribution is 5.93. The molecular formula is C18H22N4O2. The molecule has 0 saturated carbocycles. The lowest BCUT2D eigenvalue weighted by Gasteiger charge is -2.24. The van der Waals surface area contributed by atoms with E-state index >= 15 is 0 Å². The fourth-order valence-electron chi connectivity index (χ4n) is 2.81. The topological polar surface area (TPSA) is 67.4 Å². The van der Waals surface area contributed by atoms with Crippen LogP contribution in [0.3, 0.4) is 0 Å². The van der Waals surface area contributed by atoms with Crippen LogP contribution in [0.15, 0.2) is 48.8 Å². The van der Waals surface area contributed by atoms with Gasteiger partial charge in [-0.1, -0.05) is 30.3 Å². The molecule has 0 aliphatic carbocycles. The average molecular weight is 326 g/mol. The van der Waals surface area contributed by atoms with Crippen molar-refractivity contribution in [1.29, 1.82) is 0 Å². The van der Waals surface area contributed by atoms with Crippen molar-refractivity contribution in [2.45, 2.75) is 19.1 Å². The van der Waals surface area contributed by atoms with E-state index in [1.165, 1.54) is 18.0 Å². The number of nitrogens with one attached hydrogen (secondary N) is 1. The third-order valence-electron chi connectivity index (χ3n) is 4.02. The number of carbonyl (C=O) groups excluding carboxylic acids is 1. The van der Waals surface area contributed by atoms with Crippen molar-refractivity contribution in [1.82, 2.24) is 20.4 Å². The van der Waals surface area contributed by atoms with E-state index in [0.29, 0.717) is 12.1 Å². The van der Waals surface area contributed by atoms with Gasteiger partial charge in [-0.2, -0.15) is 10.2 Å². The molecule has 1 aromatic heterocycles. The first-order valence-electron chi connectivity index (χ1n) is 8.24. The first kappa shape index (κ1) is 16.5. The fraction of sp³-hybridized carbons (Fsp3) is 0.389. The molecule has 1 unspecified atom stereocenters. The fourth-order valence-corrected chi connectivity index (χ4v) is 2.81. The average Bonchev–Trinajstić information content (AvgIpc) is 2.86. The van der Waals surface area contributed by atoms with Gasteiger partial charge >= 0.3 is 0 Å². The third-order valence-corrected chi connectivity index (χ3v) is 4.02. The Morgan fingerprint density at radius 2 is 2.12 bits per heavy atom. The molecule has 6 nitrogen and oxygen atoms in total. The standard InChI is InChI=1S/C18H22N4O2/c23-18(16-7-8-20-21-11-16)19-12-17-14-22(9-4-10-24-17)13-15-5-2-1-3-6-15/h1-3,5-8,11,17H,4,9-10,12-14H2,(H,19,23). The molecule has 0 radical (unpaired) electrons. The summed E-state index contributed by atoms with van der Waals surface area (Å²) in [5.74, 6) is -0.146. The smallest absolute Gasteiger partial charge is 0.253 e. The third kappa shape index (κ3) is 4.84. The maximum Gasteiger partial charge on any atom is 0.253 e. The molecule has 3 rings (SSSR count). The number of rotatable bonds is 5. The SMILES string of the molecule is O=C(NCC1CN(Cc2ccccc2)CCCO1)c1ccnnc1. The van der Waals surface area contributed by atoms with Gasteiger partial charge in [0.1, 0.15) is 0 Å². The number of amides is 1. The predicted octanol–water partition coefficient (Wildman–Crippen LogP) is 1.50. The summed E-state index contributed by atoms with van der Waals surface area (Å²) in [5, 5.41) is 10.3. The van der Waals surface area contributed by atoms with Gasteiger partial charge in [0.2, 0.25) is 0 Å². The van der Waals surface area contributed by atoms with Crippen LogP contribution in [-0.4, -0.2) is 53.3 Å². The molecule has 1 N–H and O–H groups in total. The lowest BCUT2D eigenvalue weighted by atomic mass is 10.2. The number of benzene rings is 1. The second kappa shape index (κ2) is 8.52. The van der Waals surface area contributed by atoms with Crippen LogP contribution in [0.25, 0.3) is 0 Å². The normalized spacial score (nSPS) is 18.8. The van der Waals surface area contributed by atoms with Crippen LogP contribution in [0.2, 0.25) is 0 Å². The molecule has 1 amide bonds. The van der Waals surface area contributed by atoms with Gasteiger partial charge in [-0.25, -0.2) is 0 Å². The molecule has 6 heteroatoms. The van der Waals surface area contributed by atoms with E-state index < -0.39 is 0 Å². The zero-order valence-corrected chi connectivity index (χ0v) is 13.6. The first-order chi connectivity index (χ1) is 11.8. The summed E-state index contributed by atoms with van der Waals surface area (Å²) in [5.41, 5.74) is 1.81. The number of aromatic nitrogens is 2. The quantitative estimate of drug-likeness (QED) is 0.902. The van der Waals surface area contributed by atoms with E-state index in [2.05, 4.69) is 44.7 Å². The number of ether oxygens (including phenoxy) is 1. The number of carbonyl (C=O) groups is 1. The molecule has 2 aromatic rings. The maximum absolute atomic E-state index is 12.1. The van der Waals surface area contributed by atoms with E-state index in [0.717, 1.165) is 32.7 Å². The summed E-state index contributed by atoms with van der Waals surface area (Å²) in [6, 6.07) is 12.1. The van der Waals surface area contributed by atoms with Gasteiger partial charge < -0.3 is 10.1 Å². The minimum Gasteiger partial charge on any atom is -0.375 e. The Labute approximate surface area is 141 Å². The van der Waals surface area contributed by atoms with Crippen LogP contribution in [-0.2, 0) is 11.3 Å². The van der Waals surface area contributed by atoms with Crippen molar-refractivity contribution in [3.63, 3.8) is 0 Å². The minimum absolute atomic E-state index is 0.00467. The molecule has 1 aromatic carbocycles. The second-order valence-electron chi connectivity index (χ2n) is 5.91. The molecule has 126 valence electrons. The summed E-state index contributed by atoms with van der Waals surface area (Å²) in [4.78, 5) is 14.5. The molecule has 1 aliphatic rings. The summed E-state index contributed by atoms with van der Waals surface area (Å²) < 4.78 is 5.87. The monoisotopic (exact) mass is 326 g/mol. The van der Waals surface area contributed by atoms with E-state index in [-0.39, 0.29) is 12.0 Å². The Morgan fingerprint density at radius 1 is 1.25 bits per heavy atom. The maximum atomic E-state index is 12.1. The van der Waals surface area contributed by atoms with Gasteiger partial charge in [0.05, 0.1) is 24.1 Å². The lowest BCUT2D eigenvalue weighted by molar-refractivity contribution is 0.0510. The van der Waals surface area contributed by atoms with Crippen molar-refractivity contribution in [2.24, 2.45) is 0 Å². The number of nitrogens with zero attached hydrogens (tertiary/aromatic N) is 3. The Kier molecular flexibility index (Phi) is 5.87. The van der Waals surface area contributed by atoms with Gasteiger partial charge in [-0.05, 0) is 18.1 Å². The Morgan fingerprint density at radius 3 is 2.92 bits per heavy atom. The van der Waals surface area contributed by atoms with E-state index in [9.17, 15) is 4.79 Å². The number of hydrogen-bond acceptors (Lipinski definition) is 5. The van der Waals surface area contributed by atoms with Crippen LogP contribution in [0, 0.1) is 0 Å². The molecule has 0 spiro atoms. The van der Waals surface area contributed by atoms with Gasteiger partial charge in [-0.15, -0.1) is 0 Å². The highest BCUT2D eigenvalue weighted by Crippen LogP contribution is 2.10. The zero-order chi connectivity index (χ0) is 16.6. The van der Waals surface area contributed by atoms with Gasteiger partial charge in [0, 0.05) is 32.8 Å². The van der Waals surface area contributed by atoms with E-state index in [1.807, 2.05) is 6.07 Å². The molecule has 0 bridgehead atoms. The first-order valence-corrected chi connectivity index (χ1v) is 8.24. The van der Waals surface area contributed by atoms with Crippen LogP contribution >= 0.6 is 0 Å². The Hall–Kier alpha value is -2.31. The summed E-state index contributed by atoms with van der Waals surface area (Å²) in [7, 11) is 0. The van der Waals surface area contributed by atoms with Crippen LogP contribution in [0.5, 0.6) is 0 Å². The summed E-state index contributed by atoms with van der Waals surface area (Å²) >= 11 is 0. The van der Waals surface area contributed by atoms with Crippen molar-refractivity contribution in [3.8, 4) is 0 Å². The van der Waals surface area contributed by atoms with Crippen LogP contribution < -0.4 is 5.32 Å². The highest BCUT2D eigenvalue weighted by Gasteiger charge is 2.19. The zero-order valence-electron chi connectivity index (χ0n) is 13.6. The highest BCUT2D eigenvalue weighted by atomic mass is 16.5. The van der Waals surface area contributed by atoms with Crippen LogP contribution in [0.4, 0.5) is 0 Å². The summed E-state index contributed by atoms with van der Waals surface area (Å²) in [6.45, 7) is 3.94. The van der Waals surface area contributed by atoms with E-state index in [4.69, 9.17) is 4.74 Å². The van der Waals surface area contributed by atoms with Gasteiger partial charge in [0.25, 0.3) is 5.91 Å². The molecule has 1 aliphatic heterocycles. The molecule has 1 fully saturated rings. The molecule has 24 heavy (non-hydrogen) atoms. The Bertz CT molecular complexity index is 636. The molecule has 1 atom stereocenters. The van der Waals surface area contributed by atoms with Crippen molar-refractivity contribution < 1.29 is 9.53 Å². The van der Waals surface area contributed by atoms with Gasteiger partial charge in [-0.3, -0.25) is 9.69 Å². The molecule has 1 saturated heterocycles. The van der Waals surface area contributed by atoms with Crippen molar-refractivity contribution in [2.75, 3.05) is 26.2 Å². The van der Waals surface area contributed by atoms with Crippen molar-refractivity contribution in [3.05, 3.63) is 59.9 Å². The predicted molar refractivity (Wildman–Crippen MR) is 90.4 cm³/mol. The molecular weight excluding hydrogens is 304 g/mol. The molecule has 2 heterocycles. The van der Waals surface area contributed by atoms with E-state index in [1.54, 1.807) is 6.07 Å². The summed E-state index contributed by atoms with van der Waals surface area (Å²) in [6.07, 6.45) is 3.98. The van der Waals surface area contributed by atoms with Crippen LogP contribution in [0.1, 0.15) is 22.3 Å². The van der Waals surface area contributed by atoms with Crippen molar-refractivity contribution >= 4 is 5.91 Å². The number of hydrogen-bond donors (Lipinski definition) is 1. The lowest BCUT2D eigenvalue weighted by Crippen LogP contribution is -2.40. The Balaban J connectivity index is 1.52. The van der Waals surface area contributed by atoms with Gasteiger partial charge in [0.15, 0.2) is 0 Å². The minimum atomic E-state index is -0.146.